The smallest absolute Gasteiger partial charge is 0.0704 e. The Kier molecular flexibility index (Phi) is 54.9. The zero-order valence-corrected chi connectivity index (χ0v) is 31.8. The molecule has 0 aliphatic rings. The van der Waals surface area contributed by atoms with Crippen molar-refractivity contribution < 1.29 is 47.4 Å². The van der Waals surface area contributed by atoms with Crippen LogP contribution in [0, 0.1) is 0 Å². The quantitative estimate of drug-likeness (QED) is 0.0783. The van der Waals surface area contributed by atoms with Crippen LogP contribution in [-0.2, 0) is 47.4 Å². The van der Waals surface area contributed by atoms with E-state index in [0.29, 0.717) is 90.5 Å². The minimum absolute atomic E-state index is 0.343. The van der Waals surface area contributed by atoms with Crippen molar-refractivity contribution in [2.45, 2.75) is 126 Å². The van der Waals surface area contributed by atoms with Crippen LogP contribution >= 0.6 is 0 Å². The number of hydrogen-bond acceptors (Lipinski definition) is 10. The van der Waals surface area contributed by atoms with E-state index >= 15 is 0 Å². The van der Waals surface area contributed by atoms with Crippen LogP contribution in [0.4, 0.5) is 0 Å². The van der Waals surface area contributed by atoms with Gasteiger partial charge in [-0.1, -0.05) is 34.6 Å². The molecule has 0 heterocycles. The molecule has 0 rings (SSSR count). The lowest BCUT2D eigenvalue weighted by atomic mass is 10.3. The minimum Gasteiger partial charge on any atom is -0.382 e. The molecule has 0 aliphatic heterocycles. The fourth-order valence-corrected chi connectivity index (χ4v) is 2.58. The van der Waals surface area contributed by atoms with E-state index in [1.807, 2.05) is 6.92 Å². The molecule has 0 saturated heterocycles. The summed E-state index contributed by atoms with van der Waals surface area (Å²) in [5.41, 5.74) is 0. The third kappa shape index (κ3) is 56.3. The molecule has 0 aliphatic carbocycles. The molecule has 45 heavy (non-hydrogen) atoms. The fraction of sp³-hybridized carbons (Fsp3) is 1.00. The van der Waals surface area contributed by atoms with E-state index in [-0.39, 0.29) is 0 Å². The fourth-order valence-electron chi connectivity index (χ4n) is 2.58. The monoisotopic (exact) mass is 659 g/mol. The Balaban J connectivity index is -0.000000253. The summed E-state index contributed by atoms with van der Waals surface area (Å²) in [5, 5.41) is 0. The molecule has 0 aromatic carbocycles. The van der Waals surface area contributed by atoms with E-state index < -0.39 is 0 Å². The van der Waals surface area contributed by atoms with Crippen molar-refractivity contribution in [3.8, 4) is 0 Å². The van der Waals surface area contributed by atoms with Crippen molar-refractivity contribution in [1.29, 1.82) is 0 Å². The summed E-state index contributed by atoms with van der Waals surface area (Å²) in [6.45, 7) is 30.6. The van der Waals surface area contributed by atoms with Gasteiger partial charge in [0.25, 0.3) is 0 Å². The van der Waals surface area contributed by atoms with E-state index in [4.69, 9.17) is 47.4 Å². The van der Waals surface area contributed by atoms with Gasteiger partial charge in [0.05, 0.1) is 104 Å². The van der Waals surface area contributed by atoms with Gasteiger partial charge >= 0.3 is 0 Å². The molecule has 0 radical (unpaired) electrons. The third-order valence-electron chi connectivity index (χ3n) is 6.24. The van der Waals surface area contributed by atoms with Crippen LogP contribution in [0.3, 0.4) is 0 Å². The van der Waals surface area contributed by atoms with Crippen molar-refractivity contribution in [1.82, 2.24) is 0 Å². The van der Waals surface area contributed by atoms with Gasteiger partial charge in [-0.15, -0.1) is 0 Å². The second-order valence-corrected chi connectivity index (χ2v) is 10.4. The average Bonchev–Trinajstić information content (AvgIpc) is 3.06. The molecule has 0 N–H and O–H groups in total. The predicted octanol–water partition coefficient (Wildman–Crippen LogP) is 7.00. The molecular formula is C35H78O10. The molecule has 0 saturated carbocycles. The maximum Gasteiger partial charge on any atom is 0.0704 e. The maximum atomic E-state index is 5.45. The highest BCUT2D eigenvalue weighted by Crippen LogP contribution is 1.97. The molecule has 0 spiro atoms. The van der Waals surface area contributed by atoms with Gasteiger partial charge in [0.15, 0.2) is 0 Å². The van der Waals surface area contributed by atoms with Crippen molar-refractivity contribution in [3.63, 3.8) is 0 Å². The molecule has 4 atom stereocenters. The Bertz CT molecular complexity index is 474. The van der Waals surface area contributed by atoms with E-state index in [1.165, 1.54) is 0 Å². The number of rotatable bonds is 29. The molecular weight excluding hydrogens is 580 g/mol. The highest BCUT2D eigenvalue weighted by molar-refractivity contribution is 4.45. The van der Waals surface area contributed by atoms with Gasteiger partial charge in [-0.2, -0.15) is 0 Å². The first-order valence-corrected chi connectivity index (χ1v) is 17.5. The van der Waals surface area contributed by atoms with Gasteiger partial charge in [-0.05, 0) is 66.7 Å². The van der Waals surface area contributed by atoms with Gasteiger partial charge in [0, 0.05) is 27.4 Å². The SMILES string of the molecule is CCC(C)OCCOC.CCC(C)OCCOCCOC.CCCOCCOCCOC(C)CC.CCOCCOC(C)CC. The van der Waals surface area contributed by atoms with E-state index in [0.717, 1.165) is 58.5 Å². The summed E-state index contributed by atoms with van der Waals surface area (Å²) in [5.74, 6) is 0. The molecule has 10 heteroatoms. The van der Waals surface area contributed by atoms with Gasteiger partial charge in [-0.25, -0.2) is 0 Å². The number of hydrogen-bond donors (Lipinski definition) is 0. The summed E-state index contributed by atoms with van der Waals surface area (Å²) in [7, 11) is 3.35. The van der Waals surface area contributed by atoms with Crippen molar-refractivity contribution in [3.05, 3.63) is 0 Å². The molecule has 4 unspecified atom stereocenters. The third-order valence-corrected chi connectivity index (χ3v) is 6.24. The predicted molar refractivity (Wildman–Crippen MR) is 186 cm³/mol. The van der Waals surface area contributed by atoms with Crippen molar-refractivity contribution in [2.24, 2.45) is 0 Å². The lowest BCUT2D eigenvalue weighted by Gasteiger charge is -2.10. The van der Waals surface area contributed by atoms with Crippen LogP contribution in [-0.4, -0.2) is 131 Å². The zero-order chi connectivity index (χ0) is 34.8. The number of ether oxygens (including phenoxy) is 10. The van der Waals surface area contributed by atoms with E-state index in [9.17, 15) is 0 Å². The summed E-state index contributed by atoms with van der Waals surface area (Å²) in [6.07, 6.45) is 6.76. The second kappa shape index (κ2) is 48.0. The Morgan fingerprint density at radius 3 is 0.911 bits per heavy atom. The Labute approximate surface area is 279 Å². The van der Waals surface area contributed by atoms with Crippen LogP contribution in [0.25, 0.3) is 0 Å². The Morgan fingerprint density at radius 2 is 0.600 bits per heavy atom. The molecule has 0 bridgehead atoms. The Morgan fingerprint density at radius 1 is 0.333 bits per heavy atom. The molecule has 10 nitrogen and oxygen atoms in total. The van der Waals surface area contributed by atoms with Gasteiger partial charge in [0.2, 0.25) is 0 Å². The lowest BCUT2D eigenvalue weighted by Crippen LogP contribution is -2.13. The van der Waals surface area contributed by atoms with Crippen LogP contribution < -0.4 is 0 Å². The normalized spacial score (nSPS) is 13.3. The second-order valence-electron chi connectivity index (χ2n) is 10.4. The highest BCUT2D eigenvalue weighted by atomic mass is 16.6. The van der Waals surface area contributed by atoms with E-state index in [1.54, 1.807) is 14.2 Å². The summed E-state index contributed by atoms with van der Waals surface area (Å²) >= 11 is 0. The van der Waals surface area contributed by atoms with Crippen LogP contribution in [0.1, 0.15) is 101 Å². The van der Waals surface area contributed by atoms with Gasteiger partial charge in [0.1, 0.15) is 0 Å². The zero-order valence-electron chi connectivity index (χ0n) is 31.8. The summed E-state index contributed by atoms with van der Waals surface area (Å²) in [6, 6.07) is 0. The number of methoxy groups -OCH3 is 2. The molecule has 0 amide bonds. The maximum absolute atomic E-state index is 5.45. The van der Waals surface area contributed by atoms with Crippen LogP contribution in [0.5, 0.6) is 0 Å². The lowest BCUT2D eigenvalue weighted by molar-refractivity contribution is -0.00680. The van der Waals surface area contributed by atoms with Crippen molar-refractivity contribution >= 4 is 0 Å². The first-order valence-electron chi connectivity index (χ1n) is 17.5. The highest BCUT2D eigenvalue weighted by Gasteiger charge is 1.99. The summed E-state index contributed by atoms with van der Waals surface area (Å²) < 4.78 is 52.1. The van der Waals surface area contributed by atoms with Gasteiger partial charge in [-0.3, -0.25) is 0 Å². The molecule has 278 valence electrons. The standard InChI is InChI=1S/C11H24O3.C9H20O3.C8H18O2.C7H16O2/c1-4-6-12-7-8-13-9-10-14-11(3)5-2;1-4-9(2)12-8-7-11-6-5-10-3;1-4-8(3)10-7-6-9-5-2;1-4-7(2)9-6-5-8-3/h11H,4-10H2,1-3H3;9H,4-8H2,1-3H3;8H,4-7H2,1-3H3;7H,4-6H2,1-3H3. The Hall–Kier alpha value is -0.400. The average molecular weight is 659 g/mol. The largest absolute Gasteiger partial charge is 0.382 e. The van der Waals surface area contributed by atoms with Crippen molar-refractivity contribution in [2.75, 3.05) is 107 Å². The van der Waals surface area contributed by atoms with Crippen LogP contribution in [0.15, 0.2) is 0 Å². The van der Waals surface area contributed by atoms with Crippen LogP contribution in [0.2, 0.25) is 0 Å². The molecule has 0 fully saturated rings. The topological polar surface area (TPSA) is 92.3 Å². The molecule has 0 aromatic rings. The molecule has 0 aromatic heterocycles. The minimum atomic E-state index is 0.343. The van der Waals surface area contributed by atoms with Gasteiger partial charge < -0.3 is 47.4 Å². The first-order chi connectivity index (χ1) is 21.7. The summed E-state index contributed by atoms with van der Waals surface area (Å²) in [4.78, 5) is 0. The van der Waals surface area contributed by atoms with E-state index in [2.05, 4.69) is 62.3 Å². The first kappa shape index (κ1) is 51.4.